The van der Waals surface area contributed by atoms with Crippen molar-refractivity contribution in [2.45, 2.75) is 19.1 Å². The van der Waals surface area contributed by atoms with Crippen LogP contribution >= 0.6 is 0 Å². The van der Waals surface area contributed by atoms with E-state index in [1.165, 1.54) is 0 Å². The zero-order valence-corrected chi connectivity index (χ0v) is 16.1. The van der Waals surface area contributed by atoms with Gasteiger partial charge in [0.1, 0.15) is 19.2 Å². The van der Waals surface area contributed by atoms with Crippen LogP contribution < -0.4 is 10.6 Å². The van der Waals surface area contributed by atoms with Gasteiger partial charge in [0.25, 0.3) is 0 Å². The highest BCUT2D eigenvalue weighted by molar-refractivity contribution is 5.87. The Morgan fingerprint density at radius 1 is 0.967 bits per heavy atom. The lowest BCUT2D eigenvalue weighted by Crippen LogP contribution is -2.46. The van der Waals surface area contributed by atoms with Crippen molar-refractivity contribution in [2.24, 2.45) is 0 Å². The van der Waals surface area contributed by atoms with Gasteiger partial charge in [0.2, 0.25) is 5.91 Å². The second kappa shape index (κ2) is 10.0. The van der Waals surface area contributed by atoms with Crippen molar-refractivity contribution in [3.63, 3.8) is 0 Å². The van der Waals surface area contributed by atoms with E-state index in [1.54, 1.807) is 18.2 Å². The number of pyridine rings is 1. The number of aromatic nitrogens is 1. The van der Waals surface area contributed by atoms with E-state index in [2.05, 4.69) is 15.6 Å². The Kier molecular flexibility index (Phi) is 6.94. The van der Waals surface area contributed by atoms with Gasteiger partial charge in [-0.25, -0.2) is 9.59 Å². The normalized spacial score (nSPS) is 11.5. The summed E-state index contributed by atoms with van der Waals surface area (Å²) in [7, 11) is 0. The lowest BCUT2D eigenvalue weighted by Gasteiger charge is -2.15. The number of rotatable bonds is 8. The summed E-state index contributed by atoms with van der Waals surface area (Å²) in [5.41, 5.74) is 2.09. The number of hydrogen-bond donors (Lipinski definition) is 3. The van der Waals surface area contributed by atoms with Crippen LogP contribution in [0.4, 0.5) is 4.79 Å². The van der Waals surface area contributed by atoms with Crippen LogP contribution in [-0.2, 0) is 27.4 Å². The van der Waals surface area contributed by atoms with Crippen molar-refractivity contribution in [3.8, 4) is 0 Å². The molecule has 154 valence electrons. The average molecular weight is 407 g/mol. The highest BCUT2D eigenvalue weighted by Crippen LogP contribution is 2.13. The zero-order valence-electron chi connectivity index (χ0n) is 16.1. The second-order valence-electron chi connectivity index (χ2n) is 6.57. The largest absolute Gasteiger partial charge is 0.480 e. The molecule has 0 aliphatic rings. The molecule has 0 fully saturated rings. The van der Waals surface area contributed by atoms with E-state index in [0.29, 0.717) is 5.69 Å². The Morgan fingerprint density at radius 2 is 1.70 bits per heavy atom. The van der Waals surface area contributed by atoms with Crippen LogP contribution in [0.25, 0.3) is 10.9 Å². The van der Waals surface area contributed by atoms with E-state index in [9.17, 15) is 19.5 Å². The minimum atomic E-state index is -1.19. The number of alkyl carbamates (subject to hydrolysis) is 1. The molecule has 8 heteroatoms. The standard InChI is InChI=1S/C22H21N3O5/c26-20(13-23-22(29)30-14-15-6-2-1-3-7-15)25-19(21(27)28)12-17-11-10-16-8-4-5-9-18(16)24-17/h1-11,19H,12-14H2,(H,23,29)(H,25,26)(H,27,28)/t19-/m1/s1. The summed E-state index contributed by atoms with van der Waals surface area (Å²) >= 11 is 0. The number of nitrogens with one attached hydrogen (secondary N) is 2. The van der Waals surface area contributed by atoms with Crippen LogP contribution in [0.3, 0.4) is 0 Å². The Hall–Kier alpha value is -3.94. The van der Waals surface area contributed by atoms with Crippen molar-refractivity contribution in [2.75, 3.05) is 6.54 Å². The monoisotopic (exact) mass is 407 g/mol. The summed E-state index contributed by atoms with van der Waals surface area (Å²) in [6, 6.07) is 19.0. The van der Waals surface area contributed by atoms with Gasteiger partial charge < -0.3 is 20.5 Å². The van der Waals surface area contributed by atoms with Crippen LogP contribution in [0, 0.1) is 0 Å². The summed E-state index contributed by atoms with van der Waals surface area (Å²) in [6.07, 6.45) is -0.748. The molecule has 0 unspecified atom stereocenters. The molecule has 0 saturated carbocycles. The molecule has 3 aromatic rings. The van der Waals surface area contributed by atoms with E-state index in [4.69, 9.17) is 4.74 Å². The Morgan fingerprint density at radius 3 is 2.47 bits per heavy atom. The van der Waals surface area contributed by atoms with Crippen molar-refractivity contribution >= 4 is 28.9 Å². The third-order valence-electron chi connectivity index (χ3n) is 4.31. The predicted molar refractivity (Wildman–Crippen MR) is 110 cm³/mol. The van der Waals surface area contributed by atoms with Gasteiger partial charge in [-0.2, -0.15) is 0 Å². The number of ether oxygens (including phenoxy) is 1. The second-order valence-corrected chi connectivity index (χ2v) is 6.57. The molecule has 1 atom stereocenters. The number of aliphatic carboxylic acids is 1. The van der Waals surface area contributed by atoms with Crippen molar-refractivity contribution in [1.29, 1.82) is 0 Å². The molecule has 0 aliphatic heterocycles. The molecule has 0 saturated heterocycles. The first-order valence-electron chi connectivity index (χ1n) is 9.32. The number of para-hydroxylation sites is 1. The van der Waals surface area contributed by atoms with Crippen LogP contribution in [0.1, 0.15) is 11.3 Å². The molecule has 30 heavy (non-hydrogen) atoms. The molecular weight excluding hydrogens is 386 g/mol. The summed E-state index contributed by atoms with van der Waals surface area (Å²) in [6.45, 7) is -0.331. The molecule has 0 bridgehead atoms. The molecule has 8 nitrogen and oxygen atoms in total. The summed E-state index contributed by atoms with van der Waals surface area (Å²) in [5, 5.41) is 15.1. The third-order valence-corrected chi connectivity index (χ3v) is 4.31. The van der Waals surface area contributed by atoms with E-state index in [-0.39, 0.29) is 13.0 Å². The van der Waals surface area contributed by atoms with Gasteiger partial charge in [0.05, 0.1) is 5.52 Å². The van der Waals surface area contributed by atoms with Gasteiger partial charge >= 0.3 is 12.1 Å². The van der Waals surface area contributed by atoms with Gasteiger partial charge in [-0.05, 0) is 17.7 Å². The SMILES string of the molecule is O=C(CNC(=O)OCc1ccccc1)N[C@H](Cc1ccc2ccccc2n1)C(=O)O. The number of carboxylic acids is 1. The van der Waals surface area contributed by atoms with Crippen LogP contribution in [-0.4, -0.2) is 40.6 Å². The van der Waals surface area contributed by atoms with Crippen LogP contribution in [0.5, 0.6) is 0 Å². The fraction of sp³-hybridized carbons (Fsp3) is 0.182. The zero-order chi connectivity index (χ0) is 21.3. The van der Waals surface area contributed by atoms with Gasteiger partial charge in [0.15, 0.2) is 0 Å². The maximum Gasteiger partial charge on any atom is 0.407 e. The first kappa shape index (κ1) is 20.8. The Balaban J connectivity index is 1.49. The van der Waals surface area contributed by atoms with Crippen LogP contribution in [0.2, 0.25) is 0 Å². The topological polar surface area (TPSA) is 118 Å². The highest BCUT2D eigenvalue weighted by atomic mass is 16.5. The molecule has 0 aliphatic carbocycles. The third kappa shape index (κ3) is 6.03. The fourth-order valence-electron chi connectivity index (χ4n) is 2.80. The predicted octanol–water partition coefficient (Wildman–Crippen LogP) is 2.27. The van der Waals surface area contributed by atoms with Gasteiger partial charge in [-0.15, -0.1) is 0 Å². The summed E-state index contributed by atoms with van der Waals surface area (Å²) in [4.78, 5) is 39.8. The maximum absolute atomic E-state index is 12.1. The van der Waals surface area contributed by atoms with E-state index in [0.717, 1.165) is 16.5 Å². The average Bonchev–Trinajstić information content (AvgIpc) is 2.76. The summed E-state index contributed by atoms with van der Waals surface area (Å²) in [5.74, 6) is -1.83. The lowest BCUT2D eigenvalue weighted by atomic mass is 10.1. The van der Waals surface area contributed by atoms with Crippen molar-refractivity contribution < 1.29 is 24.2 Å². The van der Waals surface area contributed by atoms with Gasteiger partial charge in [-0.1, -0.05) is 54.6 Å². The first-order valence-corrected chi connectivity index (χ1v) is 9.32. The lowest BCUT2D eigenvalue weighted by molar-refractivity contribution is -0.141. The number of carboxylic acid groups (broad SMARTS) is 1. The number of nitrogens with zero attached hydrogens (tertiary/aromatic N) is 1. The highest BCUT2D eigenvalue weighted by Gasteiger charge is 2.21. The molecule has 1 aromatic heterocycles. The van der Waals surface area contributed by atoms with Gasteiger partial charge in [-0.3, -0.25) is 9.78 Å². The minimum absolute atomic E-state index is 0.0182. The molecule has 0 spiro atoms. The molecule has 0 radical (unpaired) electrons. The number of hydrogen-bond acceptors (Lipinski definition) is 5. The van der Waals surface area contributed by atoms with Crippen LogP contribution in [0.15, 0.2) is 66.7 Å². The first-order chi connectivity index (χ1) is 14.5. The maximum atomic E-state index is 12.1. The van der Waals surface area contributed by atoms with E-state index >= 15 is 0 Å². The van der Waals surface area contributed by atoms with Gasteiger partial charge in [0, 0.05) is 17.5 Å². The smallest absolute Gasteiger partial charge is 0.407 e. The van der Waals surface area contributed by atoms with Crippen molar-refractivity contribution in [3.05, 3.63) is 78.0 Å². The van der Waals surface area contributed by atoms with Crippen molar-refractivity contribution in [1.82, 2.24) is 15.6 Å². The minimum Gasteiger partial charge on any atom is -0.480 e. The Labute approximate surface area is 172 Å². The number of amides is 2. The molecular formula is C22H21N3O5. The number of carbonyl (C=O) groups is 3. The molecule has 2 aromatic carbocycles. The number of fused-ring (bicyclic) bond motifs is 1. The quantitative estimate of drug-likeness (QED) is 0.527. The molecule has 2 amide bonds. The van der Waals surface area contributed by atoms with E-state index < -0.39 is 30.6 Å². The fourth-order valence-corrected chi connectivity index (χ4v) is 2.80. The van der Waals surface area contributed by atoms with E-state index in [1.807, 2.05) is 48.5 Å². The molecule has 1 heterocycles. The number of benzene rings is 2. The summed E-state index contributed by atoms with van der Waals surface area (Å²) < 4.78 is 5.01. The molecule has 3 N–H and O–H groups in total. The molecule has 3 rings (SSSR count). The Bertz CT molecular complexity index is 1040. The number of carbonyl (C=O) groups excluding carboxylic acids is 2.